The third-order valence-electron chi connectivity index (χ3n) is 6.35. The number of carbonyl (C=O) groups excluding carboxylic acids is 2. The van der Waals surface area contributed by atoms with Crippen LogP contribution in [0.2, 0.25) is 0 Å². The highest BCUT2D eigenvalue weighted by Crippen LogP contribution is 2.32. The van der Waals surface area contributed by atoms with Crippen molar-refractivity contribution in [1.29, 1.82) is 0 Å². The molecule has 3 aromatic rings. The Kier molecular flexibility index (Phi) is 4.81. The fourth-order valence-electron chi connectivity index (χ4n) is 4.42. The number of para-hydroxylation sites is 1. The van der Waals surface area contributed by atoms with E-state index in [1.807, 2.05) is 43.3 Å². The van der Waals surface area contributed by atoms with E-state index in [-0.39, 0.29) is 23.8 Å². The molecule has 2 aliphatic rings. The van der Waals surface area contributed by atoms with Crippen molar-refractivity contribution in [2.45, 2.75) is 51.5 Å². The van der Waals surface area contributed by atoms with Gasteiger partial charge >= 0.3 is 0 Å². The summed E-state index contributed by atoms with van der Waals surface area (Å²) in [5, 5.41) is 7.26. The molecule has 1 atom stereocenters. The van der Waals surface area contributed by atoms with E-state index in [4.69, 9.17) is 0 Å². The number of aromatic amines is 1. The van der Waals surface area contributed by atoms with E-state index >= 15 is 0 Å². The van der Waals surface area contributed by atoms with Crippen LogP contribution in [0.5, 0.6) is 0 Å². The van der Waals surface area contributed by atoms with Crippen LogP contribution in [0.4, 0.5) is 5.69 Å². The highest BCUT2D eigenvalue weighted by atomic mass is 16.2. The Morgan fingerprint density at radius 2 is 1.80 bits per heavy atom. The Hall–Kier alpha value is -3.08. The largest absolute Gasteiger partial charge is 0.358 e. The Labute approximate surface area is 176 Å². The molecule has 154 valence electrons. The Morgan fingerprint density at radius 3 is 2.57 bits per heavy atom. The second-order valence-electron chi connectivity index (χ2n) is 8.60. The van der Waals surface area contributed by atoms with Crippen molar-refractivity contribution >= 4 is 28.4 Å². The summed E-state index contributed by atoms with van der Waals surface area (Å²) >= 11 is 0. The molecule has 1 fully saturated rings. The van der Waals surface area contributed by atoms with E-state index in [0.717, 1.165) is 42.5 Å². The number of H-pyrrole nitrogens is 1. The smallest absolute Gasteiger partial charge is 0.253 e. The molecule has 2 aliphatic carbocycles. The third kappa shape index (κ3) is 3.60. The maximum Gasteiger partial charge on any atom is 0.253 e. The predicted octanol–water partition coefficient (Wildman–Crippen LogP) is 4.89. The Morgan fingerprint density at radius 1 is 1.03 bits per heavy atom. The SMILES string of the molecule is CC(NC(=O)c1cccc2c3c([nH]c12)CCCC3)c1ccc(NC(=O)C2CC2)cc1. The molecule has 5 rings (SSSR count). The fraction of sp³-hybridized carbons (Fsp3) is 0.360. The fourth-order valence-corrected chi connectivity index (χ4v) is 4.42. The minimum atomic E-state index is -0.134. The lowest BCUT2D eigenvalue weighted by atomic mass is 9.95. The van der Waals surface area contributed by atoms with E-state index in [0.29, 0.717) is 5.56 Å². The standard InChI is InChI=1S/C25H27N3O2/c1-15(16-11-13-18(14-12-16)27-24(29)17-9-10-17)26-25(30)21-7-4-6-20-19-5-2-3-8-22(19)28-23(20)21/h4,6-7,11-15,17,28H,2-3,5,8-10H2,1H3,(H,26,30)(H,27,29). The minimum Gasteiger partial charge on any atom is -0.358 e. The van der Waals surface area contributed by atoms with Gasteiger partial charge in [-0.15, -0.1) is 0 Å². The number of benzene rings is 2. The molecule has 2 aromatic carbocycles. The number of nitrogens with one attached hydrogen (secondary N) is 3. The second kappa shape index (κ2) is 7.63. The van der Waals surface area contributed by atoms with Crippen molar-refractivity contribution in [1.82, 2.24) is 10.3 Å². The molecular weight excluding hydrogens is 374 g/mol. The van der Waals surface area contributed by atoms with Gasteiger partial charge in [0.25, 0.3) is 5.91 Å². The van der Waals surface area contributed by atoms with E-state index < -0.39 is 0 Å². The number of carbonyl (C=O) groups is 2. The summed E-state index contributed by atoms with van der Waals surface area (Å²) in [5.41, 5.74) is 6.12. The quantitative estimate of drug-likeness (QED) is 0.570. The summed E-state index contributed by atoms with van der Waals surface area (Å²) in [6, 6.07) is 13.6. The van der Waals surface area contributed by atoms with Gasteiger partial charge in [0.05, 0.1) is 17.1 Å². The van der Waals surface area contributed by atoms with Crippen LogP contribution < -0.4 is 10.6 Å². The molecule has 0 aliphatic heterocycles. The minimum absolute atomic E-state index is 0.0715. The summed E-state index contributed by atoms with van der Waals surface area (Å²) in [4.78, 5) is 28.5. The number of hydrogen-bond acceptors (Lipinski definition) is 2. The lowest BCUT2D eigenvalue weighted by Gasteiger charge is -2.15. The van der Waals surface area contributed by atoms with Gasteiger partial charge in [-0.1, -0.05) is 24.3 Å². The maximum atomic E-state index is 13.1. The topological polar surface area (TPSA) is 74.0 Å². The number of aryl methyl sites for hydroxylation is 2. The van der Waals surface area contributed by atoms with Crippen LogP contribution in [0.25, 0.3) is 10.9 Å². The predicted molar refractivity (Wildman–Crippen MR) is 119 cm³/mol. The van der Waals surface area contributed by atoms with Gasteiger partial charge in [0.2, 0.25) is 5.91 Å². The van der Waals surface area contributed by atoms with Crippen molar-refractivity contribution in [2.24, 2.45) is 5.92 Å². The zero-order chi connectivity index (χ0) is 20.7. The van der Waals surface area contributed by atoms with Crippen molar-refractivity contribution in [3.05, 3.63) is 64.8 Å². The summed E-state index contributed by atoms with van der Waals surface area (Å²) in [6.07, 6.45) is 6.54. The monoisotopic (exact) mass is 401 g/mol. The molecule has 0 bridgehead atoms. The number of amides is 2. The third-order valence-corrected chi connectivity index (χ3v) is 6.35. The van der Waals surface area contributed by atoms with Crippen LogP contribution in [0.1, 0.15) is 65.8 Å². The van der Waals surface area contributed by atoms with Gasteiger partial charge in [0, 0.05) is 22.7 Å². The number of aromatic nitrogens is 1. The molecule has 0 radical (unpaired) electrons. The number of rotatable bonds is 5. The number of hydrogen-bond donors (Lipinski definition) is 3. The van der Waals surface area contributed by atoms with E-state index in [1.54, 1.807) is 0 Å². The molecule has 0 spiro atoms. The van der Waals surface area contributed by atoms with Crippen molar-refractivity contribution in [3.8, 4) is 0 Å². The molecule has 2 amide bonds. The lowest BCUT2D eigenvalue weighted by Crippen LogP contribution is -2.26. The van der Waals surface area contributed by atoms with Gasteiger partial charge in [-0.3, -0.25) is 9.59 Å². The van der Waals surface area contributed by atoms with Gasteiger partial charge < -0.3 is 15.6 Å². The zero-order valence-corrected chi connectivity index (χ0v) is 17.3. The van der Waals surface area contributed by atoms with Crippen molar-refractivity contribution in [2.75, 3.05) is 5.32 Å². The Bertz CT molecular complexity index is 1110. The van der Waals surface area contributed by atoms with Crippen molar-refractivity contribution < 1.29 is 9.59 Å². The van der Waals surface area contributed by atoms with E-state index in [2.05, 4.69) is 21.7 Å². The first-order valence-electron chi connectivity index (χ1n) is 10.9. The lowest BCUT2D eigenvalue weighted by molar-refractivity contribution is -0.117. The highest BCUT2D eigenvalue weighted by Gasteiger charge is 2.29. The first-order chi connectivity index (χ1) is 14.6. The van der Waals surface area contributed by atoms with Crippen LogP contribution in [0.15, 0.2) is 42.5 Å². The molecule has 1 saturated carbocycles. The highest BCUT2D eigenvalue weighted by molar-refractivity contribution is 6.07. The van der Waals surface area contributed by atoms with Crippen LogP contribution >= 0.6 is 0 Å². The average molecular weight is 402 g/mol. The van der Waals surface area contributed by atoms with Gasteiger partial charge in [0.1, 0.15) is 0 Å². The molecule has 30 heavy (non-hydrogen) atoms. The first-order valence-corrected chi connectivity index (χ1v) is 10.9. The van der Waals surface area contributed by atoms with Crippen LogP contribution in [-0.4, -0.2) is 16.8 Å². The van der Waals surface area contributed by atoms with Crippen LogP contribution in [0.3, 0.4) is 0 Å². The molecular formula is C25H27N3O2. The Balaban J connectivity index is 1.31. The van der Waals surface area contributed by atoms with Crippen LogP contribution in [0, 0.1) is 5.92 Å². The molecule has 1 unspecified atom stereocenters. The van der Waals surface area contributed by atoms with Crippen molar-refractivity contribution in [3.63, 3.8) is 0 Å². The zero-order valence-electron chi connectivity index (χ0n) is 17.3. The van der Waals surface area contributed by atoms with Gasteiger partial charge in [-0.2, -0.15) is 0 Å². The molecule has 5 nitrogen and oxygen atoms in total. The van der Waals surface area contributed by atoms with E-state index in [9.17, 15) is 9.59 Å². The maximum absolute atomic E-state index is 13.1. The number of anilines is 1. The summed E-state index contributed by atoms with van der Waals surface area (Å²) < 4.78 is 0. The molecule has 0 saturated heterocycles. The second-order valence-corrected chi connectivity index (χ2v) is 8.60. The molecule has 5 heteroatoms. The molecule has 1 heterocycles. The van der Waals surface area contributed by atoms with E-state index in [1.165, 1.54) is 29.5 Å². The average Bonchev–Trinajstić information content (AvgIpc) is 3.54. The molecule has 1 aromatic heterocycles. The summed E-state index contributed by atoms with van der Waals surface area (Å²) in [5.74, 6) is 0.216. The van der Waals surface area contributed by atoms with Crippen LogP contribution in [-0.2, 0) is 17.6 Å². The molecule has 3 N–H and O–H groups in total. The van der Waals surface area contributed by atoms with Gasteiger partial charge in [-0.25, -0.2) is 0 Å². The van der Waals surface area contributed by atoms with Gasteiger partial charge in [-0.05, 0) is 74.8 Å². The number of fused-ring (bicyclic) bond motifs is 3. The summed E-state index contributed by atoms with van der Waals surface area (Å²) in [6.45, 7) is 1.98. The normalized spacial score (nSPS) is 16.7. The summed E-state index contributed by atoms with van der Waals surface area (Å²) in [7, 11) is 0. The first kappa shape index (κ1) is 18.9. The van der Waals surface area contributed by atoms with Gasteiger partial charge in [0.15, 0.2) is 0 Å².